The average Bonchev–Trinajstić information content (AvgIpc) is 3.86. The summed E-state index contributed by atoms with van der Waals surface area (Å²) in [5.74, 6) is -5.95. The van der Waals surface area contributed by atoms with Gasteiger partial charge in [-0.25, -0.2) is 4.79 Å². The molecular weight excluding hydrogens is 736 g/mol. The third-order valence-corrected chi connectivity index (χ3v) is 15.4. The Balaban J connectivity index is 1.20. The summed E-state index contributed by atoms with van der Waals surface area (Å²) in [6.07, 6.45) is 2.84. The van der Waals surface area contributed by atoms with Crippen molar-refractivity contribution >= 4 is 11.9 Å². The Labute approximate surface area is 333 Å². The van der Waals surface area contributed by atoms with Crippen LogP contribution in [0.25, 0.3) is 0 Å². The number of carbonyl (C=O) groups excluding carboxylic acids is 2. The van der Waals surface area contributed by atoms with E-state index >= 15 is 0 Å². The fraction of sp³-hybridized carbons (Fsp3) is 0.727. The molecule has 1 aromatic carbocycles. The van der Waals surface area contributed by atoms with Gasteiger partial charge >= 0.3 is 17.9 Å². The minimum Gasteiger partial charge on any atom is -0.458 e. The highest BCUT2D eigenvalue weighted by Crippen LogP contribution is 2.75. The highest BCUT2D eigenvalue weighted by atomic mass is 16.9. The Morgan fingerprint density at radius 1 is 0.947 bits per heavy atom. The van der Waals surface area contributed by atoms with Gasteiger partial charge in [-0.2, -0.15) is 0 Å². The van der Waals surface area contributed by atoms with E-state index < -0.39 is 107 Å². The van der Waals surface area contributed by atoms with Gasteiger partial charge in [-0.05, 0) is 75.2 Å². The number of hydrogen-bond acceptors (Lipinski definition) is 13. The quantitative estimate of drug-likeness (QED) is 0.216. The van der Waals surface area contributed by atoms with Crippen molar-refractivity contribution in [3.8, 4) is 0 Å². The van der Waals surface area contributed by atoms with E-state index in [4.69, 9.17) is 28.4 Å². The van der Waals surface area contributed by atoms with Gasteiger partial charge in [-0.1, -0.05) is 70.2 Å². The maximum absolute atomic E-state index is 13.7. The van der Waals surface area contributed by atoms with Crippen molar-refractivity contribution in [3.05, 3.63) is 60.2 Å². The number of aliphatic hydroxyl groups excluding tert-OH is 2. The van der Waals surface area contributed by atoms with Crippen LogP contribution in [0.2, 0.25) is 0 Å². The predicted molar refractivity (Wildman–Crippen MR) is 200 cm³/mol. The van der Waals surface area contributed by atoms with Gasteiger partial charge in [0.2, 0.25) is 0 Å². The molecule has 0 amide bonds. The first kappa shape index (κ1) is 39.7. The summed E-state index contributed by atoms with van der Waals surface area (Å²) in [7, 11) is 0. The van der Waals surface area contributed by atoms with Crippen molar-refractivity contribution < 1.29 is 63.5 Å². The minimum absolute atomic E-state index is 0.00642. The van der Waals surface area contributed by atoms with Crippen LogP contribution in [0.4, 0.5) is 0 Å². The average molecular weight is 795 g/mol. The molecule has 1 aromatic rings. The van der Waals surface area contributed by atoms with Crippen LogP contribution >= 0.6 is 0 Å². The van der Waals surface area contributed by atoms with Crippen LogP contribution in [0.15, 0.2) is 54.6 Å². The summed E-state index contributed by atoms with van der Waals surface area (Å²) in [6, 6.07) is 9.06. The van der Waals surface area contributed by atoms with Crippen molar-refractivity contribution in [3.63, 3.8) is 0 Å². The van der Waals surface area contributed by atoms with E-state index in [1.54, 1.807) is 31.2 Å². The van der Waals surface area contributed by atoms with Crippen LogP contribution in [0.1, 0.15) is 85.1 Å². The molecule has 1 spiro atoms. The maximum Gasteiger partial charge on any atom is 0.331 e. The summed E-state index contributed by atoms with van der Waals surface area (Å²) < 4.78 is 39.4. The molecule has 0 radical (unpaired) electrons. The summed E-state index contributed by atoms with van der Waals surface area (Å²) in [5.41, 5.74) is -8.71. The molecule has 7 heterocycles. The number of epoxide rings is 1. The number of carbonyl (C=O) groups is 2. The fourth-order valence-corrected chi connectivity index (χ4v) is 12.8. The summed E-state index contributed by atoms with van der Waals surface area (Å²) in [5, 5.41) is 63.1. The number of esters is 2. The van der Waals surface area contributed by atoms with Crippen LogP contribution in [-0.2, 0) is 44.0 Å². The van der Waals surface area contributed by atoms with Gasteiger partial charge in [-0.15, -0.1) is 0 Å². The lowest BCUT2D eigenvalue weighted by molar-refractivity contribution is -0.595. The number of fused-ring (bicyclic) bond motifs is 2. The molecular formula is C44H58O13. The Bertz CT molecular complexity index is 1810. The molecule has 57 heavy (non-hydrogen) atoms. The Morgan fingerprint density at radius 2 is 1.65 bits per heavy atom. The zero-order chi connectivity index (χ0) is 40.5. The first-order valence-corrected chi connectivity index (χ1v) is 21.0. The zero-order valence-corrected chi connectivity index (χ0v) is 33.4. The molecule has 0 aromatic heterocycles. The molecule has 4 saturated heterocycles. The molecule has 16 atom stereocenters. The highest BCUT2D eigenvalue weighted by Gasteiger charge is 2.91. The van der Waals surface area contributed by atoms with Crippen LogP contribution in [0, 0.1) is 41.4 Å². The molecule has 0 unspecified atom stereocenters. The second kappa shape index (κ2) is 13.4. The predicted octanol–water partition coefficient (Wildman–Crippen LogP) is 3.18. The number of rotatable bonds is 5. The first-order valence-electron chi connectivity index (χ1n) is 21.0. The molecule has 11 aliphatic rings. The molecule has 8 fully saturated rings. The van der Waals surface area contributed by atoms with Crippen LogP contribution in [0.3, 0.4) is 0 Å². The third-order valence-electron chi connectivity index (χ3n) is 15.4. The Morgan fingerprint density at radius 3 is 2.33 bits per heavy atom. The molecule has 13 heteroatoms. The van der Waals surface area contributed by atoms with E-state index in [1.807, 2.05) is 45.9 Å². The van der Waals surface area contributed by atoms with E-state index in [0.29, 0.717) is 31.2 Å². The highest BCUT2D eigenvalue weighted by molar-refractivity contribution is 5.82. The first-order chi connectivity index (χ1) is 27.0. The van der Waals surface area contributed by atoms with Gasteiger partial charge in [0, 0.05) is 35.8 Å². The van der Waals surface area contributed by atoms with Gasteiger partial charge in [0.15, 0.2) is 0 Å². The Hall–Kier alpha value is -2.72. The van der Waals surface area contributed by atoms with Crippen molar-refractivity contribution in [2.45, 2.75) is 150 Å². The van der Waals surface area contributed by atoms with Crippen LogP contribution < -0.4 is 0 Å². The minimum atomic E-state index is -2.21. The van der Waals surface area contributed by atoms with Crippen LogP contribution in [0.5, 0.6) is 0 Å². The summed E-state index contributed by atoms with van der Waals surface area (Å²) in [6.45, 7) is 8.55. The van der Waals surface area contributed by atoms with Gasteiger partial charge in [-0.3, -0.25) is 4.79 Å². The molecule has 312 valence electrons. The van der Waals surface area contributed by atoms with E-state index in [9.17, 15) is 35.1 Å². The summed E-state index contributed by atoms with van der Waals surface area (Å²) in [4.78, 5) is 26.6. The van der Waals surface area contributed by atoms with E-state index in [2.05, 4.69) is 0 Å². The molecule has 12 rings (SSSR count). The van der Waals surface area contributed by atoms with Crippen molar-refractivity contribution in [2.24, 2.45) is 41.4 Å². The monoisotopic (exact) mass is 794 g/mol. The van der Waals surface area contributed by atoms with Crippen LogP contribution in [-0.4, -0.2) is 109 Å². The Kier molecular flexibility index (Phi) is 9.33. The number of ether oxygens (including phenoxy) is 6. The van der Waals surface area contributed by atoms with Gasteiger partial charge in [0.25, 0.3) is 0 Å². The zero-order valence-electron chi connectivity index (χ0n) is 33.4. The maximum atomic E-state index is 13.7. The second-order valence-corrected chi connectivity index (χ2v) is 19.2. The lowest BCUT2D eigenvalue weighted by Gasteiger charge is -2.74. The SMILES string of the molecule is CC(C)CC(=O)O[C@@H]1/C=C/C=C\C(=O)O[C@H]2[C@@H](C)C[C@@H]3[C@]2(O)[C@H](O)[C@@]2(CO)O[C@H]2[C@H]2[C@H]4O[C@]5(c6ccccc6)O[C@@H]([C@@H](C)[C@@]23O5)[C@@]4(O)[C@](C)(O)CC2CCC1CC2. The molecule has 4 aliphatic carbocycles. The number of hydrogen-bond donors (Lipinski definition) is 5. The molecule has 7 aliphatic heterocycles. The van der Waals surface area contributed by atoms with Gasteiger partial charge < -0.3 is 54.0 Å². The molecule has 4 saturated carbocycles. The number of allylic oxidation sites excluding steroid dienone is 2. The van der Waals surface area contributed by atoms with Crippen molar-refractivity contribution in [1.82, 2.24) is 0 Å². The molecule has 13 nitrogen and oxygen atoms in total. The van der Waals surface area contributed by atoms with Crippen molar-refractivity contribution in [2.75, 3.05) is 6.61 Å². The van der Waals surface area contributed by atoms with E-state index in [1.165, 1.54) is 12.2 Å². The largest absolute Gasteiger partial charge is 0.458 e. The lowest BCUT2D eigenvalue weighted by atomic mass is 9.49. The molecule has 5 N–H and O–H groups in total. The van der Waals surface area contributed by atoms with Gasteiger partial charge in [0.05, 0.1) is 17.8 Å². The fourth-order valence-electron chi connectivity index (χ4n) is 12.8. The smallest absolute Gasteiger partial charge is 0.331 e. The molecule has 11 bridgehead atoms. The van der Waals surface area contributed by atoms with E-state index in [-0.39, 0.29) is 43.0 Å². The van der Waals surface area contributed by atoms with Gasteiger partial charge in [0.1, 0.15) is 53.4 Å². The number of aliphatic hydroxyl groups is 5. The number of benzene rings is 1. The standard InChI is InChI=1S/C44H58O13/c1-23(2)19-32(47)52-29-13-9-10-14-31(46)53-34-24(3)20-30-41(34,50)38(48)40(22-45)36(54-40)33-37-43(51,39(5,49)21-26-15-17-27(29)18-16-26)35-25(4)42(30,33)57-44(55-35,56-37)28-11-7-6-8-12-28/h6-14,23-27,29-30,33-38,45,48-51H,15-22H2,1-5H3/b13-9+,14-10-/t24-,25+,26?,27?,29+,30+,33-,34-,35-,36-,37+,38+,39+,40-,41+,42-,43-,44-/m0/s1. The topological polar surface area (TPSA) is 194 Å². The van der Waals surface area contributed by atoms with Crippen molar-refractivity contribution in [1.29, 1.82) is 0 Å². The third kappa shape index (κ3) is 5.45. The second-order valence-electron chi connectivity index (χ2n) is 19.2. The van der Waals surface area contributed by atoms with E-state index in [0.717, 1.165) is 0 Å². The lowest BCUT2D eigenvalue weighted by Crippen LogP contribution is -2.89. The normalized spacial score (nSPS) is 53.3. The summed E-state index contributed by atoms with van der Waals surface area (Å²) >= 11 is 0.